The second-order valence-electron chi connectivity index (χ2n) is 7.94. The van der Waals surface area contributed by atoms with Crippen molar-refractivity contribution in [3.63, 3.8) is 0 Å². The molecule has 9 nitrogen and oxygen atoms in total. The molecule has 2 aromatic carbocycles. The molecule has 1 saturated heterocycles. The molecule has 182 valence electrons. The Morgan fingerprint density at radius 3 is 2.31 bits per heavy atom. The van der Waals surface area contributed by atoms with Crippen molar-refractivity contribution >= 4 is 12.1 Å². The Balaban J connectivity index is 1.58. The van der Waals surface area contributed by atoms with Gasteiger partial charge in [-0.05, 0) is 11.1 Å². The highest BCUT2D eigenvalue weighted by Crippen LogP contribution is 2.33. The first-order chi connectivity index (χ1) is 17.0. The van der Waals surface area contributed by atoms with Gasteiger partial charge in [0.25, 0.3) is 5.56 Å². The summed E-state index contributed by atoms with van der Waals surface area (Å²) in [4.78, 5) is 45.9. The van der Waals surface area contributed by atoms with Crippen molar-refractivity contribution in [3.05, 3.63) is 93.7 Å². The number of aromatic nitrogens is 2. The third kappa shape index (κ3) is 5.65. The van der Waals surface area contributed by atoms with Gasteiger partial charge in [-0.15, -0.1) is 0 Å². The standard InChI is InChI=1S/C25H24FN3O6/c1-33-24(31)20-21(34-14-16-8-4-2-5-9-16)23(30)28-22(27-20)19-12-18(26)13-29(19)25(32)35-15-17-10-6-3-7-11-17/h2-11,18-19H,12-15H2,1H3,(H,27,28,30)/t18-,19-/m0/s1. The number of carbonyl (C=O) groups excluding carboxylic acids is 2. The Hall–Kier alpha value is -4.21. The lowest BCUT2D eigenvalue weighted by atomic mass is 10.2. The lowest BCUT2D eigenvalue weighted by molar-refractivity contribution is 0.0586. The number of nitrogens with one attached hydrogen (secondary N) is 1. The third-order valence-electron chi connectivity index (χ3n) is 5.51. The molecule has 1 aliphatic rings. The van der Waals surface area contributed by atoms with E-state index < -0.39 is 29.8 Å². The lowest BCUT2D eigenvalue weighted by Gasteiger charge is -2.23. The van der Waals surface area contributed by atoms with E-state index in [4.69, 9.17) is 14.2 Å². The van der Waals surface area contributed by atoms with Crippen molar-refractivity contribution in [1.82, 2.24) is 14.9 Å². The first-order valence-electron chi connectivity index (χ1n) is 11.0. The smallest absolute Gasteiger partial charge is 0.410 e. The Kier molecular flexibility index (Phi) is 7.39. The maximum Gasteiger partial charge on any atom is 0.410 e. The Morgan fingerprint density at radius 2 is 1.69 bits per heavy atom. The number of rotatable bonds is 7. The van der Waals surface area contributed by atoms with E-state index in [-0.39, 0.29) is 43.4 Å². The highest BCUT2D eigenvalue weighted by Gasteiger charge is 2.40. The molecule has 0 bridgehead atoms. The van der Waals surface area contributed by atoms with Gasteiger partial charge in [0.2, 0.25) is 5.75 Å². The van der Waals surface area contributed by atoms with Gasteiger partial charge in [-0.3, -0.25) is 9.69 Å². The van der Waals surface area contributed by atoms with Crippen LogP contribution in [-0.4, -0.2) is 46.8 Å². The molecule has 0 unspecified atom stereocenters. The molecular weight excluding hydrogens is 457 g/mol. The zero-order chi connectivity index (χ0) is 24.8. The first-order valence-corrected chi connectivity index (χ1v) is 11.0. The minimum Gasteiger partial charge on any atom is -0.481 e. The fourth-order valence-corrected chi connectivity index (χ4v) is 3.78. The molecule has 0 aliphatic carbocycles. The van der Waals surface area contributed by atoms with Gasteiger partial charge in [0.1, 0.15) is 25.2 Å². The summed E-state index contributed by atoms with van der Waals surface area (Å²) in [7, 11) is 1.15. The predicted octanol–water partition coefficient (Wildman–Crippen LogP) is 3.56. The minimum atomic E-state index is -1.36. The topological polar surface area (TPSA) is 111 Å². The summed E-state index contributed by atoms with van der Waals surface area (Å²) in [6, 6.07) is 17.2. The summed E-state index contributed by atoms with van der Waals surface area (Å²) < 4.78 is 30.1. The molecule has 2 atom stereocenters. The number of alkyl halides is 1. The zero-order valence-electron chi connectivity index (χ0n) is 19.0. The number of likely N-dealkylation sites (tertiary alicyclic amines) is 1. The molecule has 1 aliphatic heterocycles. The van der Waals surface area contributed by atoms with Crippen molar-refractivity contribution in [2.24, 2.45) is 0 Å². The van der Waals surface area contributed by atoms with E-state index in [1.165, 1.54) is 0 Å². The van der Waals surface area contributed by atoms with Crippen LogP contribution in [0.1, 0.15) is 39.9 Å². The monoisotopic (exact) mass is 481 g/mol. The SMILES string of the molecule is COC(=O)c1nc([C@@H]2C[C@H](F)CN2C(=O)OCc2ccccc2)[nH]c(=O)c1OCc1ccccc1. The molecule has 1 N–H and O–H groups in total. The largest absolute Gasteiger partial charge is 0.481 e. The number of benzene rings is 2. The third-order valence-corrected chi connectivity index (χ3v) is 5.51. The van der Waals surface area contributed by atoms with E-state index in [1.807, 2.05) is 36.4 Å². The van der Waals surface area contributed by atoms with Gasteiger partial charge in [0.15, 0.2) is 5.69 Å². The molecule has 0 saturated carbocycles. The predicted molar refractivity (Wildman–Crippen MR) is 123 cm³/mol. The average Bonchev–Trinajstić information content (AvgIpc) is 3.28. The molecule has 1 fully saturated rings. The Bertz CT molecular complexity index is 1230. The van der Waals surface area contributed by atoms with E-state index in [1.54, 1.807) is 24.3 Å². The summed E-state index contributed by atoms with van der Waals surface area (Å²) in [5, 5.41) is 0. The quantitative estimate of drug-likeness (QED) is 0.514. The van der Waals surface area contributed by atoms with Crippen molar-refractivity contribution < 1.29 is 28.2 Å². The van der Waals surface area contributed by atoms with Gasteiger partial charge in [-0.1, -0.05) is 60.7 Å². The number of esters is 1. The molecule has 0 spiro atoms. The van der Waals surface area contributed by atoms with Gasteiger partial charge in [-0.25, -0.2) is 19.0 Å². The molecule has 2 heterocycles. The highest BCUT2D eigenvalue weighted by molar-refractivity contribution is 5.90. The fraction of sp³-hybridized carbons (Fsp3) is 0.280. The van der Waals surface area contributed by atoms with Crippen LogP contribution in [0.5, 0.6) is 5.75 Å². The maximum atomic E-state index is 14.4. The van der Waals surface area contributed by atoms with Crippen molar-refractivity contribution in [2.45, 2.75) is 31.8 Å². The van der Waals surface area contributed by atoms with Crippen LogP contribution >= 0.6 is 0 Å². The molecular formula is C25H24FN3O6. The van der Waals surface area contributed by atoms with E-state index in [2.05, 4.69) is 9.97 Å². The van der Waals surface area contributed by atoms with Gasteiger partial charge < -0.3 is 19.2 Å². The number of hydrogen-bond acceptors (Lipinski definition) is 7. The zero-order valence-corrected chi connectivity index (χ0v) is 19.0. The van der Waals surface area contributed by atoms with Crippen molar-refractivity contribution in [2.75, 3.05) is 13.7 Å². The fourth-order valence-electron chi connectivity index (χ4n) is 3.78. The summed E-state index contributed by atoms with van der Waals surface area (Å²) in [6.07, 6.45) is -2.23. The van der Waals surface area contributed by atoms with Crippen LogP contribution in [0, 0.1) is 0 Å². The van der Waals surface area contributed by atoms with Crippen LogP contribution < -0.4 is 10.3 Å². The van der Waals surface area contributed by atoms with Crippen LogP contribution in [0.3, 0.4) is 0 Å². The summed E-state index contributed by atoms with van der Waals surface area (Å²) >= 11 is 0. The Morgan fingerprint density at radius 1 is 1.06 bits per heavy atom. The van der Waals surface area contributed by atoms with Crippen molar-refractivity contribution in [3.8, 4) is 5.75 Å². The molecule has 4 rings (SSSR count). The van der Waals surface area contributed by atoms with E-state index in [0.29, 0.717) is 0 Å². The van der Waals surface area contributed by atoms with Crippen LogP contribution in [0.4, 0.5) is 9.18 Å². The van der Waals surface area contributed by atoms with Crippen LogP contribution in [-0.2, 0) is 22.7 Å². The van der Waals surface area contributed by atoms with Gasteiger partial charge in [0.05, 0.1) is 19.7 Å². The van der Waals surface area contributed by atoms with E-state index in [9.17, 15) is 18.8 Å². The van der Waals surface area contributed by atoms with Crippen LogP contribution in [0.15, 0.2) is 65.5 Å². The minimum absolute atomic E-state index is 0.00344. The highest BCUT2D eigenvalue weighted by atomic mass is 19.1. The van der Waals surface area contributed by atoms with Crippen LogP contribution in [0.2, 0.25) is 0 Å². The molecule has 35 heavy (non-hydrogen) atoms. The molecule has 0 radical (unpaired) electrons. The number of nitrogens with zero attached hydrogens (tertiary/aromatic N) is 2. The number of methoxy groups -OCH3 is 1. The van der Waals surface area contributed by atoms with Gasteiger partial charge >= 0.3 is 12.1 Å². The second-order valence-corrected chi connectivity index (χ2v) is 7.94. The van der Waals surface area contributed by atoms with E-state index >= 15 is 0 Å². The lowest BCUT2D eigenvalue weighted by Crippen LogP contribution is -2.34. The number of hydrogen-bond donors (Lipinski definition) is 1. The number of ether oxygens (including phenoxy) is 3. The number of aromatic amines is 1. The maximum absolute atomic E-state index is 14.4. The molecule has 3 aromatic rings. The average molecular weight is 481 g/mol. The Labute approximate surface area is 200 Å². The molecule has 1 amide bonds. The summed E-state index contributed by atoms with van der Waals surface area (Å²) in [6.45, 7) is -0.214. The van der Waals surface area contributed by atoms with Gasteiger partial charge in [-0.2, -0.15) is 0 Å². The second kappa shape index (κ2) is 10.8. The first kappa shape index (κ1) is 23.9. The van der Waals surface area contributed by atoms with Gasteiger partial charge in [0, 0.05) is 6.42 Å². The van der Waals surface area contributed by atoms with Crippen molar-refractivity contribution in [1.29, 1.82) is 0 Å². The van der Waals surface area contributed by atoms with Crippen LogP contribution in [0.25, 0.3) is 0 Å². The summed E-state index contributed by atoms with van der Waals surface area (Å²) in [5.74, 6) is -1.27. The number of halogens is 1. The number of amides is 1. The number of carbonyl (C=O) groups is 2. The molecule has 1 aromatic heterocycles. The molecule has 10 heteroatoms. The van der Waals surface area contributed by atoms with E-state index in [0.717, 1.165) is 23.1 Å². The summed E-state index contributed by atoms with van der Waals surface area (Å²) in [5.41, 5.74) is 0.441. The normalized spacial score (nSPS) is 17.1. The number of H-pyrrole nitrogens is 1.